The molecule has 0 radical (unpaired) electrons. The summed E-state index contributed by atoms with van der Waals surface area (Å²) < 4.78 is 19.3. The SMILES string of the molecule is COC(C)[Si](C)(C)C.O=C1CC(c2cccc(Cl)c2)C2(C(=O)Nc3cc(Cl)ccc32)C(c2cccc(F)c2)N1. The number of rotatable bonds is 4. The highest BCUT2D eigenvalue weighted by atomic mass is 35.5. The number of carbonyl (C=O) groups excluding carboxylic acids is 2. The molecule has 0 saturated carbocycles. The number of methoxy groups -OCH3 is 1. The number of nitrogens with one attached hydrogen (secondary N) is 2. The van der Waals surface area contributed by atoms with Gasteiger partial charge in [-0.05, 0) is 60.0 Å². The van der Waals surface area contributed by atoms with Gasteiger partial charge >= 0.3 is 0 Å². The molecule has 9 heteroatoms. The first kappa shape index (κ1) is 29.3. The molecule has 39 heavy (non-hydrogen) atoms. The van der Waals surface area contributed by atoms with Crippen LogP contribution < -0.4 is 10.6 Å². The van der Waals surface area contributed by atoms with Crippen molar-refractivity contribution >= 4 is 48.8 Å². The van der Waals surface area contributed by atoms with Crippen LogP contribution in [0.4, 0.5) is 10.1 Å². The Morgan fingerprint density at radius 1 is 0.974 bits per heavy atom. The molecule has 2 aliphatic rings. The molecule has 1 saturated heterocycles. The second-order valence-corrected chi connectivity index (χ2v) is 17.5. The van der Waals surface area contributed by atoms with E-state index in [0.717, 1.165) is 5.56 Å². The second-order valence-electron chi connectivity index (χ2n) is 11.1. The lowest BCUT2D eigenvalue weighted by Gasteiger charge is -2.46. The number of amides is 2. The number of halogens is 3. The van der Waals surface area contributed by atoms with Crippen LogP contribution in [0.2, 0.25) is 29.7 Å². The molecule has 3 aromatic carbocycles. The van der Waals surface area contributed by atoms with Crippen molar-refractivity contribution in [2.24, 2.45) is 0 Å². The summed E-state index contributed by atoms with van der Waals surface area (Å²) >= 11 is 12.4. The van der Waals surface area contributed by atoms with Crippen molar-refractivity contribution in [3.8, 4) is 0 Å². The molecule has 0 bridgehead atoms. The molecule has 0 aliphatic carbocycles. The summed E-state index contributed by atoms with van der Waals surface area (Å²) in [6.45, 7) is 9.07. The Bertz CT molecular complexity index is 1340. The quantitative estimate of drug-likeness (QED) is 0.316. The molecule has 2 heterocycles. The molecule has 206 valence electrons. The summed E-state index contributed by atoms with van der Waals surface area (Å²) in [4.78, 5) is 26.6. The first-order valence-electron chi connectivity index (χ1n) is 12.8. The molecule has 4 unspecified atom stereocenters. The van der Waals surface area contributed by atoms with Crippen molar-refractivity contribution in [2.45, 2.75) is 56.1 Å². The van der Waals surface area contributed by atoms with E-state index in [2.05, 4.69) is 37.2 Å². The summed E-state index contributed by atoms with van der Waals surface area (Å²) in [5, 5.41) is 6.90. The zero-order valence-electron chi connectivity index (χ0n) is 22.6. The van der Waals surface area contributed by atoms with Gasteiger partial charge in [0.1, 0.15) is 11.2 Å². The fourth-order valence-electron chi connectivity index (χ4n) is 5.33. The van der Waals surface area contributed by atoms with Crippen molar-refractivity contribution in [3.63, 3.8) is 0 Å². The van der Waals surface area contributed by atoms with Gasteiger partial charge in [0.2, 0.25) is 11.8 Å². The lowest BCUT2D eigenvalue weighted by molar-refractivity contribution is -0.131. The smallest absolute Gasteiger partial charge is 0.238 e. The summed E-state index contributed by atoms with van der Waals surface area (Å²) in [7, 11) is 0.798. The van der Waals surface area contributed by atoms with Gasteiger partial charge < -0.3 is 15.4 Å². The van der Waals surface area contributed by atoms with E-state index in [9.17, 15) is 14.0 Å². The van der Waals surface area contributed by atoms with Crippen LogP contribution in [0.25, 0.3) is 0 Å². The standard InChI is InChI=1S/C24H17Cl2FN2O2.C6H16OSi/c25-15-5-1-3-13(9-15)19-12-21(30)29-22(14-4-2-6-17(27)10-14)24(19)18-8-7-16(26)11-20(18)28-23(24)31;1-6(7-2)8(3,4)5/h1-11,19,22H,12H2,(H,28,31)(H,29,30);6H,1-5H3. The molecule has 1 spiro atoms. The first-order valence-corrected chi connectivity index (χ1v) is 17.2. The maximum Gasteiger partial charge on any atom is 0.238 e. The van der Waals surface area contributed by atoms with Gasteiger partial charge in [0.15, 0.2) is 0 Å². The van der Waals surface area contributed by atoms with E-state index in [-0.39, 0.29) is 18.2 Å². The lowest BCUT2D eigenvalue weighted by atomic mass is 9.59. The maximum absolute atomic E-state index is 14.2. The monoisotopic (exact) mass is 586 g/mol. The van der Waals surface area contributed by atoms with E-state index in [1.54, 1.807) is 55.6 Å². The Balaban J connectivity index is 0.000000386. The van der Waals surface area contributed by atoms with Crippen LogP contribution in [0.5, 0.6) is 0 Å². The van der Waals surface area contributed by atoms with Crippen LogP contribution in [0, 0.1) is 5.82 Å². The average molecular weight is 588 g/mol. The fourth-order valence-corrected chi connectivity index (χ4v) is 6.41. The number of ether oxygens (including phenoxy) is 1. The number of piperidine rings is 1. The Labute approximate surface area is 240 Å². The van der Waals surface area contributed by atoms with Crippen molar-refractivity contribution in [1.29, 1.82) is 0 Å². The third-order valence-electron chi connectivity index (χ3n) is 7.76. The summed E-state index contributed by atoms with van der Waals surface area (Å²) in [5.74, 6) is -1.46. The normalized spacial score (nSPS) is 22.9. The van der Waals surface area contributed by atoms with Crippen LogP contribution in [-0.2, 0) is 19.7 Å². The molecule has 5 nitrogen and oxygen atoms in total. The van der Waals surface area contributed by atoms with Gasteiger partial charge in [0, 0.05) is 40.9 Å². The zero-order valence-corrected chi connectivity index (χ0v) is 25.2. The molecule has 2 aliphatic heterocycles. The van der Waals surface area contributed by atoms with Gasteiger partial charge in [-0.3, -0.25) is 9.59 Å². The van der Waals surface area contributed by atoms with E-state index in [1.165, 1.54) is 12.1 Å². The van der Waals surface area contributed by atoms with E-state index in [0.29, 0.717) is 32.6 Å². The second kappa shape index (κ2) is 11.4. The molecule has 1 fully saturated rings. The predicted octanol–water partition coefficient (Wildman–Crippen LogP) is 7.27. The fraction of sp³-hybridized carbons (Fsp3) is 0.333. The van der Waals surface area contributed by atoms with Gasteiger partial charge in [-0.2, -0.15) is 0 Å². The highest BCUT2D eigenvalue weighted by molar-refractivity contribution is 6.77. The molecule has 3 aromatic rings. The first-order chi connectivity index (χ1) is 18.4. The van der Waals surface area contributed by atoms with E-state index < -0.39 is 31.3 Å². The van der Waals surface area contributed by atoms with Gasteiger partial charge in [0.05, 0.1) is 14.1 Å². The topological polar surface area (TPSA) is 67.4 Å². The van der Waals surface area contributed by atoms with Gasteiger partial charge in [-0.1, -0.05) is 73.2 Å². The third-order valence-corrected chi connectivity index (χ3v) is 10.9. The zero-order chi connectivity index (χ0) is 28.5. The van der Waals surface area contributed by atoms with Crippen LogP contribution >= 0.6 is 23.2 Å². The average Bonchev–Trinajstić information content (AvgIpc) is 3.15. The number of fused-ring (bicyclic) bond motifs is 2. The van der Waals surface area contributed by atoms with E-state index in [4.69, 9.17) is 27.9 Å². The molecular weight excluding hydrogens is 554 g/mol. The minimum atomic E-state index is -1.20. The minimum Gasteiger partial charge on any atom is -0.385 e. The Hall–Kier alpha value is -2.71. The highest BCUT2D eigenvalue weighted by Gasteiger charge is 2.61. The Morgan fingerprint density at radius 2 is 1.64 bits per heavy atom. The number of benzene rings is 3. The molecule has 5 rings (SSSR count). The van der Waals surface area contributed by atoms with Crippen molar-refractivity contribution in [3.05, 3.63) is 99.3 Å². The largest absolute Gasteiger partial charge is 0.385 e. The minimum absolute atomic E-state index is 0.0850. The van der Waals surface area contributed by atoms with Crippen LogP contribution in [0.1, 0.15) is 42.0 Å². The molecule has 2 amide bonds. The summed E-state index contributed by atoms with van der Waals surface area (Å²) in [5.41, 5.74) is 1.86. The van der Waals surface area contributed by atoms with Gasteiger partial charge in [0.25, 0.3) is 0 Å². The predicted molar refractivity (Wildman–Crippen MR) is 158 cm³/mol. The molecule has 0 aromatic heterocycles. The van der Waals surface area contributed by atoms with Crippen molar-refractivity contribution < 1.29 is 18.7 Å². The molecular formula is C30H33Cl2FN2O3Si. The summed E-state index contributed by atoms with van der Waals surface area (Å²) in [6.07, 6.45) is 0.0850. The number of anilines is 1. The lowest BCUT2D eigenvalue weighted by Crippen LogP contribution is -2.56. The van der Waals surface area contributed by atoms with Crippen LogP contribution in [-0.4, -0.2) is 32.7 Å². The van der Waals surface area contributed by atoms with Gasteiger partial charge in [-0.25, -0.2) is 4.39 Å². The van der Waals surface area contributed by atoms with Crippen LogP contribution in [0.3, 0.4) is 0 Å². The Morgan fingerprint density at radius 3 is 2.26 bits per heavy atom. The van der Waals surface area contributed by atoms with Gasteiger partial charge in [-0.15, -0.1) is 0 Å². The maximum atomic E-state index is 14.2. The molecule has 4 atom stereocenters. The highest BCUT2D eigenvalue weighted by Crippen LogP contribution is 2.57. The molecule has 2 N–H and O–H groups in total. The van der Waals surface area contributed by atoms with E-state index in [1.807, 2.05) is 6.07 Å². The number of carbonyl (C=O) groups is 2. The van der Waals surface area contributed by atoms with Crippen molar-refractivity contribution in [2.75, 3.05) is 12.4 Å². The number of hydrogen-bond donors (Lipinski definition) is 2. The van der Waals surface area contributed by atoms with Crippen LogP contribution in [0.15, 0.2) is 66.7 Å². The summed E-state index contributed by atoms with van der Waals surface area (Å²) in [6, 6.07) is 17.6. The van der Waals surface area contributed by atoms with Crippen molar-refractivity contribution in [1.82, 2.24) is 5.32 Å². The van der Waals surface area contributed by atoms with E-state index >= 15 is 0 Å². The number of hydrogen-bond acceptors (Lipinski definition) is 3. The third kappa shape index (κ3) is 5.77. The Kier molecular flexibility index (Phi) is 8.57.